The van der Waals surface area contributed by atoms with Crippen molar-refractivity contribution in [2.45, 2.75) is 19.8 Å². The minimum atomic E-state index is 0.209. The summed E-state index contributed by atoms with van der Waals surface area (Å²) < 4.78 is 0. The SMILES string of the molecule is Cc1cncc(C#CCCCO)c1. The summed E-state index contributed by atoms with van der Waals surface area (Å²) in [7, 11) is 0. The molecule has 0 aliphatic carbocycles. The Bertz CT molecular complexity index is 322. The van der Waals surface area contributed by atoms with Gasteiger partial charge in [-0.3, -0.25) is 4.98 Å². The average molecular weight is 175 g/mol. The zero-order valence-corrected chi connectivity index (χ0v) is 7.75. The van der Waals surface area contributed by atoms with E-state index >= 15 is 0 Å². The molecule has 0 atom stereocenters. The second-order valence-electron chi connectivity index (χ2n) is 2.88. The Balaban J connectivity index is 2.56. The monoisotopic (exact) mass is 175 g/mol. The molecule has 0 spiro atoms. The standard InChI is InChI=1S/C11H13NO/c1-10-7-11(9-12-8-10)5-3-2-4-6-13/h7-9,13H,2,4,6H2,1H3. The molecule has 1 N–H and O–H groups in total. The lowest BCUT2D eigenvalue weighted by Gasteiger charge is -1.91. The molecule has 1 aromatic heterocycles. The van der Waals surface area contributed by atoms with Crippen molar-refractivity contribution in [2.24, 2.45) is 0 Å². The molecule has 2 nitrogen and oxygen atoms in total. The Labute approximate surface area is 78.6 Å². The van der Waals surface area contributed by atoms with Crippen LogP contribution in [-0.2, 0) is 0 Å². The summed E-state index contributed by atoms with van der Waals surface area (Å²) in [6.07, 6.45) is 5.04. The summed E-state index contributed by atoms with van der Waals surface area (Å²) in [5.74, 6) is 5.98. The Kier molecular flexibility index (Phi) is 4.01. The van der Waals surface area contributed by atoms with Crippen LogP contribution in [0.25, 0.3) is 0 Å². The van der Waals surface area contributed by atoms with Crippen LogP contribution in [0.15, 0.2) is 18.5 Å². The summed E-state index contributed by atoms with van der Waals surface area (Å²) in [5, 5.41) is 8.53. The summed E-state index contributed by atoms with van der Waals surface area (Å²) in [6, 6.07) is 2.00. The van der Waals surface area contributed by atoms with Crippen LogP contribution in [0.5, 0.6) is 0 Å². The lowest BCUT2D eigenvalue weighted by molar-refractivity contribution is 0.290. The second kappa shape index (κ2) is 5.34. The van der Waals surface area contributed by atoms with Crippen molar-refractivity contribution in [1.29, 1.82) is 0 Å². The van der Waals surface area contributed by atoms with Gasteiger partial charge in [-0.2, -0.15) is 0 Å². The fourth-order valence-electron chi connectivity index (χ4n) is 0.955. The number of hydrogen-bond donors (Lipinski definition) is 1. The lowest BCUT2D eigenvalue weighted by Crippen LogP contribution is -1.81. The summed E-state index contributed by atoms with van der Waals surface area (Å²) in [6.45, 7) is 2.20. The predicted molar refractivity (Wildman–Crippen MR) is 52.2 cm³/mol. The number of aromatic nitrogens is 1. The van der Waals surface area contributed by atoms with E-state index in [0.29, 0.717) is 0 Å². The molecular weight excluding hydrogens is 162 g/mol. The molecule has 0 fully saturated rings. The van der Waals surface area contributed by atoms with Gasteiger partial charge in [0.1, 0.15) is 0 Å². The molecule has 0 aliphatic rings. The van der Waals surface area contributed by atoms with Gasteiger partial charge in [0.25, 0.3) is 0 Å². The van der Waals surface area contributed by atoms with E-state index in [-0.39, 0.29) is 6.61 Å². The first-order chi connectivity index (χ1) is 6.33. The first kappa shape index (κ1) is 9.76. The zero-order valence-electron chi connectivity index (χ0n) is 7.75. The van der Waals surface area contributed by atoms with Crippen molar-refractivity contribution in [3.05, 3.63) is 29.6 Å². The molecule has 68 valence electrons. The first-order valence-electron chi connectivity index (χ1n) is 4.34. The highest BCUT2D eigenvalue weighted by molar-refractivity contribution is 5.33. The normalized spacial score (nSPS) is 9.08. The van der Waals surface area contributed by atoms with E-state index in [0.717, 1.165) is 24.0 Å². The van der Waals surface area contributed by atoms with E-state index in [2.05, 4.69) is 16.8 Å². The van der Waals surface area contributed by atoms with Crippen molar-refractivity contribution in [1.82, 2.24) is 4.98 Å². The molecule has 0 aromatic carbocycles. The van der Waals surface area contributed by atoms with Crippen molar-refractivity contribution in [3.63, 3.8) is 0 Å². The fourth-order valence-corrected chi connectivity index (χ4v) is 0.955. The topological polar surface area (TPSA) is 33.1 Å². The van der Waals surface area contributed by atoms with Gasteiger partial charge in [0.05, 0.1) is 0 Å². The van der Waals surface area contributed by atoms with Crippen LogP contribution in [0.2, 0.25) is 0 Å². The molecule has 1 rings (SSSR count). The van der Waals surface area contributed by atoms with Crippen LogP contribution in [-0.4, -0.2) is 16.7 Å². The summed E-state index contributed by atoms with van der Waals surface area (Å²) >= 11 is 0. The third-order valence-corrected chi connectivity index (χ3v) is 1.57. The van der Waals surface area contributed by atoms with Crippen LogP contribution in [0, 0.1) is 18.8 Å². The van der Waals surface area contributed by atoms with E-state index in [9.17, 15) is 0 Å². The number of aryl methyl sites for hydroxylation is 1. The first-order valence-corrected chi connectivity index (χ1v) is 4.34. The van der Waals surface area contributed by atoms with Crippen LogP contribution >= 0.6 is 0 Å². The van der Waals surface area contributed by atoms with Gasteiger partial charge in [0, 0.05) is 31.0 Å². The summed E-state index contributed by atoms with van der Waals surface area (Å²) in [5.41, 5.74) is 2.06. The molecule has 0 radical (unpaired) electrons. The molecular formula is C11H13NO. The van der Waals surface area contributed by atoms with Gasteiger partial charge in [-0.25, -0.2) is 0 Å². The average Bonchev–Trinajstić information content (AvgIpc) is 2.13. The largest absolute Gasteiger partial charge is 0.396 e. The number of hydrogen-bond acceptors (Lipinski definition) is 2. The molecule has 1 aromatic rings. The molecule has 0 unspecified atom stereocenters. The highest BCUT2D eigenvalue weighted by atomic mass is 16.2. The van der Waals surface area contributed by atoms with Crippen LogP contribution in [0.1, 0.15) is 24.0 Å². The highest BCUT2D eigenvalue weighted by Crippen LogP contribution is 1.98. The van der Waals surface area contributed by atoms with Gasteiger partial charge in [-0.1, -0.05) is 11.8 Å². The van der Waals surface area contributed by atoms with Gasteiger partial charge in [0.15, 0.2) is 0 Å². The third-order valence-electron chi connectivity index (χ3n) is 1.57. The zero-order chi connectivity index (χ0) is 9.52. The minimum Gasteiger partial charge on any atom is -0.396 e. The van der Waals surface area contributed by atoms with Crippen LogP contribution in [0.3, 0.4) is 0 Å². The minimum absolute atomic E-state index is 0.209. The van der Waals surface area contributed by atoms with E-state index in [1.165, 1.54) is 0 Å². The molecule has 0 aliphatic heterocycles. The van der Waals surface area contributed by atoms with Gasteiger partial charge < -0.3 is 5.11 Å². The highest BCUT2D eigenvalue weighted by Gasteiger charge is 1.87. The maximum absolute atomic E-state index is 8.53. The van der Waals surface area contributed by atoms with Gasteiger partial charge in [-0.05, 0) is 25.0 Å². The van der Waals surface area contributed by atoms with E-state index < -0.39 is 0 Å². The number of unbranched alkanes of at least 4 members (excludes halogenated alkanes) is 1. The number of pyridine rings is 1. The van der Waals surface area contributed by atoms with Crippen molar-refractivity contribution in [2.75, 3.05) is 6.61 Å². The maximum atomic E-state index is 8.53. The number of nitrogens with zero attached hydrogens (tertiary/aromatic N) is 1. The molecule has 2 heteroatoms. The quantitative estimate of drug-likeness (QED) is 0.546. The van der Waals surface area contributed by atoms with Gasteiger partial charge >= 0.3 is 0 Å². The molecule has 0 bridgehead atoms. The third kappa shape index (κ3) is 3.73. The lowest BCUT2D eigenvalue weighted by atomic mass is 10.2. The van der Waals surface area contributed by atoms with Crippen molar-refractivity contribution >= 4 is 0 Å². The Hall–Kier alpha value is -1.33. The van der Waals surface area contributed by atoms with E-state index in [1.54, 1.807) is 12.4 Å². The van der Waals surface area contributed by atoms with Gasteiger partial charge in [0.2, 0.25) is 0 Å². The molecule has 0 amide bonds. The molecule has 13 heavy (non-hydrogen) atoms. The van der Waals surface area contributed by atoms with E-state index in [4.69, 9.17) is 5.11 Å². The van der Waals surface area contributed by atoms with Crippen LogP contribution < -0.4 is 0 Å². The maximum Gasteiger partial charge on any atom is 0.0440 e. The Morgan fingerprint density at radius 3 is 3.00 bits per heavy atom. The molecule has 0 saturated carbocycles. The Morgan fingerprint density at radius 1 is 1.46 bits per heavy atom. The molecule has 1 heterocycles. The van der Waals surface area contributed by atoms with Gasteiger partial charge in [-0.15, -0.1) is 0 Å². The van der Waals surface area contributed by atoms with Crippen LogP contribution in [0.4, 0.5) is 0 Å². The van der Waals surface area contributed by atoms with Crippen molar-refractivity contribution in [3.8, 4) is 11.8 Å². The number of aliphatic hydroxyl groups is 1. The smallest absolute Gasteiger partial charge is 0.0440 e. The second-order valence-corrected chi connectivity index (χ2v) is 2.88. The molecule has 0 saturated heterocycles. The predicted octanol–water partition coefficient (Wildman–Crippen LogP) is 1.51. The summed E-state index contributed by atoms with van der Waals surface area (Å²) in [4.78, 5) is 4.03. The fraction of sp³-hybridized carbons (Fsp3) is 0.364. The number of rotatable bonds is 2. The van der Waals surface area contributed by atoms with Crippen molar-refractivity contribution < 1.29 is 5.11 Å². The number of aliphatic hydroxyl groups excluding tert-OH is 1. The Morgan fingerprint density at radius 2 is 2.31 bits per heavy atom. The van der Waals surface area contributed by atoms with E-state index in [1.807, 2.05) is 13.0 Å².